The molecule has 2 aromatic rings. The highest BCUT2D eigenvalue weighted by Gasteiger charge is 2.04. The van der Waals surface area contributed by atoms with Crippen LogP contribution in [-0.2, 0) is 0 Å². The largest absolute Gasteiger partial charge is 0.369 e. The van der Waals surface area contributed by atoms with Gasteiger partial charge in [-0.1, -0.05) is 30.3 Å². The van der Waals surface area contributed by atoms with Crippen molar-refractivity contribution in [3.05, 3.63) is 60.2 Å². The minimum atomic E-state index is 0.585. The van der Waals surface area contributed by atoms with Gasteiger partial charge < -0.3 is 4.90 Å². The predicted octanol–water partition coefficient (Wildman–Crippen LogP) is 4.44. The number of hydrogen-bond acceptors (Lipinski definition) is 3. The van der Waals surface area contributed by atoms with E-state index in [1.165, 1.54) is 0 Å². The van der Waals surface area contributed by atoms with Crippen LogP contribution in [0.3, 0.4) is 0 Å². The first-order valence-electron chi connectivity index (χ1n) is 7.54. The van der Waals surface area contributed by atoms with E-state index in [9.17, 15) is 0 Å². The molecule has 0 aliphatic rings. The van der Waals surface area contributed by atoms with Gasteiger partial charge in [0, 0.05) is 37.6 Å². The number of nitrogens with zero attached hydrogens (tertiary/aromatic N) is 3. The molecule has 0 bridgehead atoms. The molecule has 0 unspecified atom stereocenters. The van der Waals surface area contributed by atoms with Crippen LogP contribution in [0, 0.1) is 0 Å². The smallest absolute Gasteiger partial charge is 0.0590 e. The van der Waals surface area contributed by atoms with Crippen LogP contribution in [0.4, 0.5) is 11.4 Å². The first-order valence-corrected chi connectivity index (χ1v) is 8.61. The summed E-state index contributed by atoms with van der Waals surface area (Å²) in [5, 5.41) is 6.31. The van der Waals surface area contributed by atoms with Crippen LogP contribution in [0.2, 0.25) is 0 Å². The standard InChI is InChI=1S/C18H21Cl2N3/c1-22(17-5-3-2-4-6-17)21-15-16-7-9-18(10-8-16)23(13-11-19)14-12-20/h2-10,15H,11-14H2,1H3/b21-15+. The van der Waals surface area contributed by atoms with E-state index in [0.29, 0.717) is 11.8 Å². The molecule has 0 fully saturated rings. The maximum atomic E-state index is 5.84. The van der Waals surface area contributed by atoms with Crippen molar-refractivity contribution < 1.29 is 0 Å². The monoisotopic (exact) mass is 349 g/mol. The molecule has 0 heterocycles. The zero-order chi connectivity index (χ0) is 16.5. The van der Waals surface area contributed by atoms with Crippen molar-refractivity contribution in [1.82, 2.24) is 0 Å². The second kappa shape index (κ2) is 9.43. The molecule has 2 aromatic carbocycles. The van der Waals surface area contributed by atoms with Crippen molar-refractivity contribution in [3.8, 4) is 0 Å². The van der Waals surface area contributed by atoms with Gasteiger partial charge in [-0.15, -0.1) is 23.2 Å². The Kier molecular flexibility index (Phi) is 7.24. The van der Waals surface area contributed by atoms with Gasteiger partial charge in [0.1, 0.15) is 0 Å². The van der Waals surface area contributed by atoms with Crippen LogP contribution in [0.5, 0.6) is 0 Å². The molecule has 122 valence electrons. The molecule has 23 heavy (non-hydrogen) atoms. The Balaban J connectivity index is 2.03. The number of halogens is 2. The molecule has 0 saturated heterocycles. The molecular weight excluding hydrogens is 329 g/mol. The molecule has 0 aliphatic carbocycles. The summed E-state index contributed by atoms with van der Waals surface area (Å²) in [5.41, 5.74) is 3.23. The SMILES string of the molecule is CN(/N=C/c1ccc(N(CCCl)CCCl)cc1)c1ccccc1. The number of hydrazone groups is 1. The van der Waals surface area contributed by atoms with Gasteiger partial charge in [0.2, 0.25) is 0 Å². The average molecular weight is 350 g/mol. The number of hydrogen-bond donors (Lipinski definition) is 0. The van der Waals surface area contributed by atoms with Crippen molar-refractivity contribution in [1.29, 1.82) is 0 Å². The lowest BCUT2D eigenvalue weighted by atomic mass is 10.2. The third kappa shape index (κ3) is 5.45. The molecule has 0 atom stereocenters. The van der Waals surface area contributed by atoms with Gasteiger partial charge >= 0.3 is 0 Å². The molecule has 0 aromatic heterocycles. The zero-order valence-electron chi connectivity index (χ0n) is 13.2. The van der Waals surface area contributed by atoms with Crippen LogP contribution >= 0.6 is 23.2 Å². The van der Waals surface area contributed by atoms with Crippen LogP contribution < -0.4 is 9.91 Å². The molecule has 0 amide bonds. The summed E-state index contributed by atoms with van der Waals surface area (Å²) >= 11 is 11.7. The third-order valence-corrected chi connectivity index (χ3v) is 3.82. The van der Waals surface area contributed by atoms with Crippen LogP contribution in [0.25, 0.3) is 0 Å². The highest BCUT2D eigenvalue weighted by atomic mass is 35.5. The lowest BCUT2D eigenvalue weighted by molar-refractivity contribution is 0.874. The van der Waals surface area contributed by atoms with Gasteiger partial charge in [0.05, 0.1) is 11.9 Å². The second-order valence-corrected chi connectivity index (χ2v) is 5.82. The van der Waals surface area contributed by atoms with Crippen molar-refractivity contribution in [2.24, 2.45) is 5.10 Å². The van der Waals surface area contributed by atoms with E-state index in [-0.39, 0.29) is 0 Å². The summed E-state index contributed by atoms with van der Waals surface area (Å²) < 4.78 is 0. The van der Waals surface area contributed by atoms with E-state index < -0.39 is 0 Å². The van der Waals surface area contributed by atoms with Gasteiger partial charge in [-0.3, -0.25) is 5.01 Å². The predicted molar refractivity (Wildman–Crippen MR) is 103 cm³/mol. The van der Waals surface area contributed by atoms with Crippen molar-refractivity contribution in [2.75, 3.05) is 41.8 Å². The maximum Gasteiger partial charge on any atom is 0.0590 e. The molecule has 5 heteroatoms. The molecule has 0 radical (unpaired) electrons. The first kappa shape index (κ1) is 17.6. The van der Waals surface area contributed by atoms with E-state index in [2.05, 4.69) is 22.1 Å². The fourth-order valence-corrected chi connectivity index (χ4v) is 2.62. The van der Waals surface area contributed by atoms with Gasteiger partial charge in [-0.25, -0.2) is 0 Å². The lowest BCUT2D eigenvalue weighted by Crippen LogP contribution is -2.27. The molecule has 0 N–H and O–H groups in total. The molecule has 0 aliphatic heterocycles. The highest BCUT2D eigenvalue weighted by Crippen LogP contribution is 2.16. The van der Waals surface area contributed by atoms with E-state index in [0.717, 1.165) is 30.0 Å². The van der Waals surface area contributed by atoms with Crippen molar-refractivity contribution in [2.45, 2.75) is 0 Å². The number of benzene rings is 2. The minimum absolute atomic E-state index is 0.585. The Labute approximate surface area is 148 Å². The molecular formula is C18H21Cl2N3. The summed E-state index contributed by atoms with van der Waals surface area (Å²) in [4.78, 5) is 2.18. The van der Waals surface area contributed by atoms with E-state index in [1.54, 1.807) is 0 Å². The lowest BCUT2D eigenvalue weighted by Gasteiger charge is -2.22. The Hall–Kier alpha value is -1.71. The Morgan fingerprint density at radius 3 is 2.04 bits per heavy atom. The maximum absolute atomic E-state index is 5.84. The van der Waals surface area contributed by atoms with Gasteiger partial charge in [0.15, 0.2) is 0 Å². The van der Waals surface area contributed by atoms with E-state index >= 15 is 0 Å². The van der Waals surface area contributed by atoms with Crippen LogP contribution in [-0.4, -0.2) is 38.1 Å². The fraction of sp³-hybridized carbons (Fsp3) is 0.278. The zero-order valence-corrected chi connectivity index (χ0v) is 14.7. The third-order valence-electron chi connectivity index (χ3n) is 3.48. The summed E-state index contributed by atoms with van der Waals surface area (Å²) in [5.74, 6) is 1.17. The number of anilines is 2. The Morgan fingerprint density at radius 2 is 1.48 bits per heavy atom. The van der Waals surface area contributed by atoms with Gasteiger partial charge in [-0.05, 0) is 29.8 Å². The molecule has 2 rings (SSSR count). The van der Waals surface area contributed by atoms with Gasteiger partial charge in [0.25, 0.3) is 0 Å². The Bertz CT molecular complexity index is 593. The number of rotatable bonds is 8. The van der Waals surface area contributed by atoms with E-state index in [1.807, 2.05) is 60.7 Å². The van der Waals surface area contributed by atoms with Gasteiger partial charge in [-0.2, -0.15) is 5.10 Å². The number of alkyl halides is 2. The summed E-state index contributed by atoms with van der Waals surface area (Å²) in [6, 6.07) is 18.3. The average Bonchev–Trinajstić information content (AvgIpc) is 2.61. The van der Waals surface area contributed by atoms with Crippen LogP contribution in [0.1, 0.15) is 5.56 Å². The quantitative estimate of drug-likeness (QED) is 0.398. The van der Waals surface area contributed by atoms with Crippen LogP contribution in [0.15, 0.2) is 59.7 Å². The molecule has 0 saturated carbocycles. The normalized spacial score (nSPS) is 10.9. The fourth-order valence-electron chi connectivity index (χ4n) is 2.21. The Morgan fingerprint density at radius 1 is 0.870 bits per heavy atom. The molecule has 0 spiro atoms. The number of para-hydroxylation sites is 1. The van der Waals surface area contributed by atoms with Crippen molar-refractivity contribution in [3.63, 3.8) is 0 Å². The first-order chi connectivity index (χ1) is 11.2. The minimum Gasteiger partial charge on any atom is -0.369 e. The summed E-state index contributed by atoms with van der Waals surface area (Å²) in [7, 11) is 1.93. The van der Waals surface area contributed by atoms with Crippen molar-refractivity contribution >= 4 is 40.8 Å². The highest BCUT2D eigenvalue weighted by molar-refractivity contribution is 6.18. The summed E-state index contributed by atoms with van der Waals surface area (Å²) in [6.45, 7) is 1.58. The molecule has 3 nitrogen and oxygen atoms in total. The van der Waals surface area contributed by atoms with E-state index in [4.69, 9.17) is 23.2 Å². The second-order valence-electron chi connectivity index (χ2n) is 5.06. The summed E-state index contributed by atoms with van der Waals surface area (Å²) in [6.07, 6.45) is 1.85. The topological polar surface area (TPSA) is 18.8 Å².